The van der Waals surface area contributed by atoms with Gasteiger partial charge < -0.3 is 15.8 Å². The maximum Gasteiger partial charge on any atom is 0.0769 e. The standard InChI is InChI=1S/C10H14N2O/c11-9-3-1-2-4-10(9)12-7-8-5-6-13-8/h1-4,8,12H,5-7,11H2/t8-/m0/s1. The highest BCUT2D eigenvalue weighted by molar-refractivity contribution is 5.65. The van der Waals surface area contributed by atoms with Crippen LogP contribution in [0.15, 0.2) is 24.3 Å². The fourth-order valence-electron chi connectivity index (χ4n) is 1.33. The summed E-state index contributed by atoms with van der Waals surface area (Å²) in [5, 5.41) is 3.26. The third-order valence-electron chi connectivity index (χ3n) is 2.27. The highest BCUT2D eigenvalue weighted by Crippen LogP contribution is 2.18. The van der Waals surface area contributed by atoms with Crippen molar-refractivity contribution in [1.82, 2.24) is 0 Å². The lowest BCUT2D eigenvalue weighted by atomic mass is 10.2. The molecule has 1 aromatic carbocycles. The summed E-state index contributed by atoms with van der Waals surface area (Å²) in [6.45, 7) is 1.75. The Balaban J connectivity index is 1.89. The van der Waals surface area contributed by atoms with Gasteiger partial charge in [-0.2, -0.15) is 0 Å². The second kappa shape index (κ2) is 3.66. The van der Waals surface area contributed by atoms with Crippen molar-refractivity contribution < 1.29 is 4.74 Å². The molecule has 1 aliphatic rings. The molecular weight excluding hydrogens is 164 g/mol. The first-order valence-electron chi connectivity index (χ1n) is 4.56. The number of benzene rings is 1. The minimum Gasteiger partial charge on any atom is -0.397 e. The van der Waals surface area contributed by atoms with Crippen LogP contribution in [0, 0.1) is 0 Å². The number of para-hydroxylation sites is 2. The van der Waals surface area contributed by atoms with Crippen LogP contribution in [0.1, 0.15) is 6.42 Å². The second-order valence-corrected chi connectivity index (χ2v) is 3.25. The van der Waals surface area contributed by atoms with Crippen LogP contribution >= 0.6 is 0 Å². The number of hydrogen-bond acceptors (Lipinski definition) is 3. The van der Waals surface area contributed by atoms with E-state index in [1.807, 2.05) is 24.3 Å². The molecule has 1 fully saturated rings. The van der Waals surface area contributed by atoms with E-state index in [1.54, 1.807) is 0 Å². The molecule has 0 spiro atoms. The highest BCUT2D eigenvalue weighted by atomic mass is 16.5. The molecule has 0 aliphatic carbocycles. The van der Waals surface area contributed by atoms with E-state index in [1.165, 1.54) is 0 Å². The van der Waals surface area contributed by atoms with Crippen LogP contribution in [0.25, 0.3) is 0 Å². The maximum atomic E-state index is 5.76. The van der Waals surface area contributed by atoms with Gasteiger partial charge >= 0.3 is 0 Å². The molecule has 1 heterocycles. The van der Waals surface area contributed by atoms with Gasteiger partial charge in [0.25, 0.3) is 0 Å². The summed E-state index contributed by atoms with van der Waals surface area (Å²) in [6.07, 6.45) is 1.53. The van der Waals surface area contributed by atoms with Crippen LogP contribution in [-0.4, -0.2) is 19.3 Å². The molecule has 0 aromatic heterocycles. The topological polar surface area (TPSA) is 47.3 Å². The van der Waals surface area contributed by atoms with Crippen molar-refractivity contribution in [2.75, 3.05) is 24.2 Å². The second-order valence-electron chi connectivity index (χ2n) is 3.25. The van der Waals surface area contributed by atoms with Crippen LogP contribution in [0.2, 0.25) is 0 Å². The summed E-state index contributed by atoms with van der Waals surface area (Å²) >= 11 is 0. The monoisotopic (exact) mass is 178 g/mol. The first-order chi connectivity index (χ1) is 6.36. The van der Waals surface area contributed by atoms with Crippen LogP contribution in [-0.2, 0) is 4.74 Å². The molecular formula is C10H14N2O. The SMILES string of the molecule is Nc1ccccc1NC[C@@H]1CCO1. The van der Waals surface area contributed by atoms with E-state index in [-0.39, 0.29) is 0 Å². The van der Waals surface area contributed by atoms with Gasteiger partial charge in [-0.1, -0.05) is 12.1 Å². The fourth-order valence-corrected chi connectivity index (χ4v) is 1.33. The molecule has 3 nitrogen and oxygen atoms in total. The summed E-state index contributed by atoms with van der Waals surface area (Å²) in [5.74, 6) is 0. The molecule has 3 N–H and O–H groups in total. The zero-order chi connectivity index (χ0) is 9.10. The van der Waals surface area contributed by atoms with Gasteiger partial charge in [-0.3, -0.25) is 0 Å². The van der Waals surface area contributed by atoms with Crippen LogP contribution in [0.4, 0.5) is 11.4 Å². The van der Waals surface area contributed by atoms with Crippen molar-refractivity contribution in [3.63, 3.8) is 0 Å². The molecule has 0 saturated carbocycles. The summed E-state index contributed by atoms with van der Waals surface area (Å²) in [4.78, 5) is 0. The van der Waals surface area contributed by atoms with E-state index in [0.717, 1.165) is 30.9 Å². The third kappa shape index (κ3) is 1.92. The van der Waals surface area contributed by atoms with Gasteiger partial charge in [0.15, 0.2) is 0 Å². The minimum atomic E-state index is 0.375. The van der Waals surface area contributed by atoms with Crippen molar-refractivity contribution in [1.29, 1.82) is 0 Å². The smallest absolute Gasteiger partial charge is 0.0769 e. The van der Waals surface area contributed by atoms with Gasteiger partial charge in [0.1, 0.15) is 0 Å². The zero-order valence-corrected chi connectivity index (χ0v) is 7.49. The van der Waals surface area contributed by atoms with Gasteiger partial charge in [-0.05, 0) is 18.6 Å². The van der Waals surface area contributed by atoms with E-state index >= 15 is 0 Å². The van der Waals surface area contributed by atoms with Gasteiger partial charge in [0.2, 0.25) is 0 Å². The quantitative estimate of drug-likeness (QED) is 0.689. The Kier molecular flexibility index (Phi) is 2.36. The predicted molar refractivity (Wildman–Crippen MR) is 53.7 cm³/mol. The number of rotatable bonds is 3. The number of anilines is 2. The predicted octanol–water partition coefficient (Wildman–Crippen LogP) is 1.47. The third-order valence-corrected chi connectivity index (χ3v) is 2.27. The van der Waals surface area contributed by atoms with E-state index in [2.05, 4.69) is 5.32 Å². The molecule has 0 unspecified atom stereocenters. The lowest BCUT2D eigenvalue weighted by Crippen LogP contribution is -2.33. The zero-order valence-electron chi connectivity index (χ0n) is 7.49. The Morgan fingerprint density at radius 3 is 2.85 bits per heavy atom. The first kappa shape index (κ1) is 8.38. The minimum absolute atomic E-state index is 0.375. The lowest BCUT2D eigenvalue weighted by Gasteiger charge is -2.27. The number of ether oxygens (including phenoxy) is 1. The number of hydrogen-bond donors (Lipinski definition) is 2. The van der Waals surface area contributed by atoms with Crippen molar-refractivity contribution in [3.05, 3.63) is 24.3 Å². The molecule has 1 aromatic rings. The Morgan fingerprint density at radius 1 is 1.46 bits per heavy atom. The average molecular weight is 178 g/mol. The Labute approximate surface area is 77.9 Å². The van der Waals surface area contributed by atoms with Gasteiger partial charge in [-0.25, -0.2) is 0 Å². The van der Waals surface area contributed by atoms with E-state index in [9.17, 15) is 0 Å². The summed E-state index contributed by atoms with van der Waals surface area (Å²) in [6, 6.07) is 7.78. The molecule has 1 aliphatic heterocycles. The fraction of sp³-hybridized carbons (Fsp3) is 0.400. The molecule has 1 atom stereocenters. The summed E-state index contributed by atoms with van der Waals surface area (Å²) in [7, 11) is 0. The lowest BCUT2D eigenvalue weighted by molar-refractivity contribution is -0.0410. The number of nitrogens with one attached hydrogen (secondary N) is 1. The molecule has 0 radical (unpaired) electrons. The Hall–Kier alpha value is -1.22. The first-order valence-corrected chi connectivity index (χ1v) is 4.56. The van der Waals surface area contributed by atoms with Crippen molar-refractivity contribution in [2.24, 2.45) is 0 Å². The Bertz CT molecular complexity index is 284. The van der Waals surface area contributed by atoms with E-state index in [4.69, 9.17) is 10.5 Å². The number of nitrogens with two attached hydrogens (primary N) is 1. The Morgan fingerprint density at radius 2 is 2.23 bits per heavy atom. The molecule has 13 heavy (non-hydrogen) atoms. The molecule has 70 valence electrons. The van der Waals surface area contributed by atoms with Crippen LogP contribution in [0.5, 0.6) is 0 Å². The molecule has 0 amide bonds. The average Bonchev–Trinajstić information content (AvgIpc) is 2.05. The molecule has 0 bridgehead atoms. The van der Waals surface area contributed by atoms with Gasteiger partial charge in [0, 0.05) is 13.2 Å². The van der Waals surface area contributed by atoms with Crippen molar-refractivity contribution in [3.8, 4) is 0 Å². The van der Waals surface area contributed by atoms with Gasteiger partial charge in [0.05, 0.1) is 17.5 Å². The maximum absolute atomic E-state index is 5.76. The van der Waals surface area contributed by atoms with E-state index in [0.29, 0.717) is 6.10 Å². The van der Waals surface area contributed by atoms with Crippen LogP contribution < -0.4 is 11.1 Å². The largest absolute Gasteiger partial charge is 0.397 e. The van der Waals surface area contributed by atoms with E-state index < -0.39 is 0 Å². The van der Waals surface area contributed by atoms with Crippen LogP contribution in [0.3, 0.4) is 0 Å². The number of nitrogen functional groups attached to an aromatic ring is 1. The summed E-state index contributed by atoms with van der Waals surface area (Å²) in [5.41, 5.74) is 7.55. The molecule has 3 heteroatoms. The normalized spacial score (nSPS) is 20.8. The molecule has 2 rings (SSSR count). The van der Waals surface area contributed by atoms with Gasteiger partial charge in [-0.15, -0.1) is 0 Å². The highest BCUT2D eigenvalue weighted by Gasteiger charge is 2.17. The van der Waals surface area contributed by atoms with Crippen molar-refractivity contribution in [2.45, 2.75) is 12.5 Å². The molecule has 1 saturated heterocycles. The summed E-state index contributed by atoms with van der Waals surface area (Å²) < 4.78 is 5.29. The van der Waals surface area contributed by atoms with Crippen molar-refractivity contribution >= 4 is 11.4 Å².